The van der Waals surface area contributed by atoms with E-state index in [9.17, 15) is 0 Å². The highest BCUT2D eigenvalue weighted by molar-refractivity contribution is 6.13. The lowest BCUT2D eigenvalue weighted by Gasteiger charge is -2.13. The van der Waals surface area contributed by atoms with Crippen LogP contribution in [0.25, 0.3) is 83.8 Å². The van der Waals surface area contributed by atoms with Gasteiger partial charge in [0.2, 0.25) is 0 Å². The number of furan rings is 2. The van der Waals surface area contributed by atoms with E-state index >= 15 is 0 Å². The summed E-state index contributed by atoms with van der Waals surface area (Å²) in [7, 11) is 0. The maximum absolute atomic E-state index is 6.45. The van der Waals surface area contributed by atoms with Crippen molar-refractivity contribution in [1.29, 1.82) is 0 Å². The second-order valence-corrected chi connectivity index (χ2v) is 12.7. The Bertz CT molecular complexity index is 2700. The van der Waals surface area contributed by atoms with E-state index in [1.54, 1.807) is 0 Å². The van der Waals surface area contributed by atoms with Crippen molar-refractivity contribution in [2.45, 2.75) is 12.8 Å². The van der Waals surface area contributed by atoms with Crippen LogP contribution >= 0.6 is 0 Å². The molecule has 5 heteroatoms. The quantitative estimate of drug-likeness (QED) is 0.187. The van der Waals surface area contributed by atoms with Crippen molar-refractivity contribution in [2.24, 2.45) is 0 Å². The van der Waals surface area contributed by atoms with Crippen LogP contribution < -0.4 is 0 Å². The van der Waals surface area contributed by atoms with Gasteiger partial charge in [-0.25, -0.2) is 15.0 Å². The zero-order valence-corrected chi connectivity index (χ0v) is 27.0. The Morgan fingerprint density at radius 1 is 0.440 bits per heavy atom. The zero-order valence-electron chi connectivity index (χ0n) is 27.0. The number of hydrogen-bond donors (Lipinski definition) is 0. The van der Waals surface area contributed by atoms with Gasteiger partial charge in [-0.2, -0.15) is 0 Å². The number of hydrogen-bond acceptors (Lipinski definition) is 5. The van der Waals surface area contributed by atoms with Gasteiger partial charge in [-0.15, -0.1) is 0 Å². The number of rotatable bonds is 5. The molecule has 0 atom stereocenters. The van der Waals surface area contributed by atoms with E-state index in [1.165, 1.54) is 10.9 Å². The number of aromatic nitrogens is 3. The molecule has 3 heterocycles. The fourth-order valence-electron chi connectivity index (χ4n) is 7.27. The number of allylic oxidation sites excluding steroid dienone is 1. The van der Waals surface area contributed by atoms with Crippen LogP contribution in [0.2, 0.25) is 0 Å². The van der Waals surface area contributed by atoms with Crippen LogP contribution in [-0.2, 0) is 6.42 Å². The maximum atomic E-state index is 6.45. The molecule has 236 valence electrons. The molecule has 0 radical (unpaired) electrons. The lowest BCUT2D eigenvalue weighted by molar-refractivity contribution is 0.591. The van der Waals surface area contributed by atoms with Crippen molar-refractivity contribution in [2.75, 3.05) is 0 Å². The van der Waals surface area contributed by atoms with Gasteiger partial charge in [-0.1, -0.05) is 121 Å². The summed E-state index contributed by atoms with van der Waals surface area (Å²) >= 11 is 0. The third-order valence-corrected chi connectivity index (χ3v) is 9.62. The van der Waals surface area contributed by atoms with E-state index in [-0.39, 0.29) is 0 Å². The summed E-state index contributed by atoms with van der Waals surface area (Å²) in [5.74, 6) is 2.87. The predicted octanol–water partition coefficient (Wildman–Crippen LogP) is 11.6. The molecule has 0 fully saturated rings. The average Bonchev–Trinajstić information content (AvgIpc) is 3.77. The van der Waals surface area contributed by atoms with Crippen LogP contribution in [0, 0.1) is 0 Å². The zero-order chi connectivity index (χ0) is 33.0. The lowest BCUT2D eigenvalue weighted by Crippen LogP contribution is -2.00. The smallest absolute Gasteiger partial charge is 0.164 e. The van der Waals surface area contributed by atoms with E-state index in [1.807, 2.05) is 72.8 Å². The second kappa shape index (κ2) is 11.5. The van der Waals surface area contributed by atoms with Crippen LogP contribution in [-0.4, -0.2) is 15.0 Å². The molecule has 0 amide bonds. The Morgan fingerprint density at radius 2 is 1.06 bits per heavy atom. The van der Waals surface area contributed by atoms with Gasteiger partial charge in [-0.05, 0) is 59.9 Å². The van der Waals surface area contributed by atoms with Crippen molar-refractivity contribution in [3.63, 3.8) is 0 Å². The number of para-hydroxylation sites is 1. The molecule has 1 aliphatic carbocycles. The Balaban J connectivity index is 1.11. The van der Waals surface area contributed by atoms with Crippen molar-refractivity contribution < 1.29 is 8.83 Å². The maximum Gasteiger partial charge on any atom is 0.164 e. The Kier molecular flexibility index (Phi) is 6.56. The van der Waals surface area contributed by atoms with Gasteiger partial charge in [0.05, 0.1) is 0 Å². The molecule has 0 N–H and O–H groups in total. The normalized spacial score (nSPS) is 12.8. The van der Waals surface area contributed by atoms with Crippen LogP contribution in [0.15, 0.2) is 161 Å². The predicted molar refractivity (Wildman–Crippen MR) is 200 cm³/mol. The van der Waals surface area contributed by atoms with Crippen LogP contribution in [0.1, 0.15) is 23.3 Å². The first-order chi connectivity index (χ1) is 24.8. The Morgan fingerprint density at radius 3 is 1.84 bits per heavy atom. The van der Waals surface area contributed by atoms with E-state index in [4.69, 9.17) is 23.8 Å². The largest absolute Gasteiger partial charge is 0.456 e. The molecule has 0 saturated heterocycles. The molecule has 6 aromatic carbocycles. The summed E-state index contributed by atoms with van der Waals surface area (Å²) in [6.45, 7) is 0. The van der Waals surface area contributed by atoms with Crippen LogP contribution in [0.5, 0.6) is 0 Å². The molecule has 50 heavy (non-hydrogen) atoms. The van der Waals surface area contributed by atoms with Crippen molar-refractivity contribution in [1.82, 2.24) is 15.0 Å². The minimum atomic E-state index is 0.622. The summed E-state index contributed by atoms with van der Waals surface area (Å²) in [4.78, 5) is 14.8. The van der Waals surface area contributed by atoms with Gasteiger partial charge in [0.25, 0.3) is 0 Å². The fraction of sp³-hybridized carbons (Fsp3) is 0.0444. The Labute approximate surface area is 288 Å². The molecule has 0 unspecified atom stereocenters. The van der Waals surface area contributed by atoms with Gasteiger partial charge in [0.1, 0.15) is 22.5 Å². The van der Waals surface area contributed by atoms with Crippen LogP contribution in [0.3, 0.4) is 0 Å². The first kappa shape index (κ1) is 28.4. The third-order valence-electron chi connectivity index (χ3n) is 9.62. The van der Waals surface area contributed by atoms with Crippen molar-refractivity contribution in [3.8, 4) is 45.3 Å². The van der Waals surface area contributed by atoms with Gasteiger partial charge >= 0.3 is 0 Å². The summed E-state index contributed by atoms with van der Waals surface area (Å²) in [6.07, 6.45) is 4.26. The number of benzene rings is 6. The second-order valence-electron chi connectivity index (χ2n) is 12.7. The summed E-state index contributed by atoms with van der Waals surface area (Å²) in [5.41, 5.74) is 11.1. The molecule has 0 spiro atoms. The topological polar surface area (TPSA) is 65.0 Å². The van der Waals surface area contributed by atoms with E-state index < -0.39 is 0 Å². The summed E-state index contributed by atoms with van der Waals surface area (Å²) < 4.78 is 12.9. The molecule has 3 aromatic heterocycles. The standard InChI is InChI=1S/C45H29N3O2/c1-3-12-28(13-4-1)43-46-44(29-14-5-2-6-15-29)48-45(47-43)32-17-9-16-30(26-32)33-19-11-23-40-41(33)37-27-31(24-25-39(37)49-40)34-20-10-21-36-35-18-7-8-22-38(35)50-42(34)36/h1-9,11-20,22-27H,10,21H2. The fourth-order valence-corrected chi connectivity index (χ4v) is 7.27. The highest BCUT2D eigenvalue weighted by Crippen LogP contribution is 2.42. The average molecular weight is 644 g/mol. The van der Waals surface area contributed by atoms with Gasteiger partial charge in [0, 0.05) is 44.0 Å². The van der Waals surface area contributed by atoms with E-state index in [2.05, 4.69) is 78.9 Å². The molecule has 1 aliphatic rings. The molecule has 9 aromatic rings. The monoisotopic (exact) mass is 643 g/mol. The number of fused-ring (bicyclic) bond motifs is 6. The highest BCUT2D eigenvalue weighted by Gasteiger charge is 2.23. The first-order valence-corrected chi connectivity index (χ1v) is 16.9. The van der Waals surface area contributed by atoms with Crippen molar-refractivity contribution >= 4 is 38.5 Å². The van der Waals surface area contributed by atoms with Gasteiger partial charge in [0.15, 0.2) is 17.5 Å². The molecule has 0 aliphatic heterocycles. The molecule has 0 saturated carbocycles. The van der Waals surface area contributed by atoms with E-state index in [0.717, 1.165) is 85.1 Å². The van der Waals surface area contributed by atoms with Crippen molar-refractivity contribution in [3.05, 3.63) is 169 Å². The lowest BCUT2D eigenvalue weighted by atomic mass is 9.90. The number of aryl methyl sites for hydroxylation is 1. The SMILES string of the molecule is C1=C(c2ccc3oc4cccc(-c5cccc(-c6nc(-c7ccccc7)nc(-c7ccccc7)n6)c5)c4c3c2)c2oc3ccccc3c2CC1. The summed E-state index contributed by atoms with van der Waals surface area (Å²) in [5, 5.41) is 3.35. The molecular weight excluding hydrogens is 615 g/mol. The molecular formula is C45H29N3O2. The summed E-state index contributed by atoms with van der Waals surface area (Å²) in [6, 6.07) is 49.7. The molecule has 0 bridgehead atoms. The Hall–Kier alpha value is -6.59. The first-order valence-electron chi connectivity index (χ1n) is 16.9. The molecule has 5 nitrogen and oxygen atoms in total. The third kappa shape index (κ3) is 4.74. The minimum absolute atomic E-state index is 0.622. The van der Waals surface area contributed by atoms with Gasteiger partial charge < -0.3 is 8.83 Å². The van der Waals surface area contributed by atoms with Crippen LogP contribution in [0.4, 0.5) is 0 Å². The molecule has 10 rings (SSSR count). The highest BCUT2D eigenvalue weighted by atomic mass is 16.3. The number of nitrogens with zero attached hydrogens (tertiary/aromatic N) is 3. The minimum Gasteiger partial charge on any atom is -0.456 e. The van der Waals surface area contributed by atoms with Gasteiger partial charge in [-0.3, -0.25) is 0 Å². The van der Waals surface area contributed by atoms with E-state index in [0.29, 0.717) is 17.5 Å².